The third kappa shape index (κ3) is 3.78. The Hall–Kier alpha value is -5.81. The quantitative estimate of drug-likeness (QED) is 0.201. The van der Waals surface area contributed by atoms with Gasteiger partial charge in [-0.3, -0.25) is 0 Å². The first-order valence-corrected chi connectivity index (χ1v) is 22.1. The van der Waals surface area contributed by atoms with E-state index in [-0.39, 0.29) is 0 Å². The standard InChI is InChI=1S/C49H34Si2/c1-3-15-36(16-4-1)50(46-23-11-7-19-40(46)41-20-8-12-24-47(41)50)38-29-27-34-31-35-28-30-39(33-45(35)44(34)32-38)51(37-17-5-2-6-18-37)48-25-13-9-21-42(48)43-22-10-14-26-49(43)51/h1-30,32-33H,31H2. The highest BCUT2D eigenvalue weighted by atomic mass is 28.3. The molecule has 51 heavy (non-hydrogen) atoms. The summed E-state index contributed by atoms with van der Waals surface area (Å²) in [5.41, 5.74) is 11.2. The predicted molar refractivity (Wildman–Crippen MR) is 220 cm³/mol. The predicted octanol–water partition coefficient (Wildman–Crippen LogP) is 5.97. The minimum atomic E-state index is -2.58. The smallest absolute Gasteiger partial charge is 0.0623 e. The van der Waals surface area contributed by atoms with Gasteiger partial charge >= 0.3 is 0 Å². The van der Waals surface area contributed by atoms with Gasteiger partial charge < -0.3 is 0 Å². The Labute approximate surface area is 301 Å². The van der Waals surface area contributed by atoms with Crippen LogP contribution in [0.2, 0.25) is 0 Å². The molecule has 0 spiro atoms. The van der Waals surface area contributed by atoms with E-state index in [1.807, 2.05) is 0 Å². The average Bonchev–Trinajstić information content (AvgIpc) is 3.83. The van der Waals surface area contributed by atoms with Crippen LogP contribution in [-0.4, -0.2) is 16.1 Å². The van der Waals surface area contributed by atoms with Gasteiger partial charge in [0.25, 0.3) is 0 Å². The van der Waals surface area contributed by atoms with Gasteiger partial charge in [-0.1, -0.05) is 194 Å². The van der Waals surface area contributed by atoms with E-state index in [0.717, 1.165) is 6.42 Å². The molecule has 3 aliphatic rings. The van der Waals surface area contributed by atoms with Crippen molar-refractivity contribution in [3.8, 4) is 33.4 Å². The Morgan fingerprint density at radius 2 is 0.569 bits per heavy atom. The van der Waals surface area contributed by atoms with Crippen LogP contribution in [0.4, 0.5) is 0 Å². The minimum absolute atomic E-state index is 0.978. The van der Waals surface area contributed by atoms with Crippen LogP contribution < -0.4 is 41.5 Å². The molecule has 238 valence electrons. The molecule has 0 fully saturated rings. The van der Waals surface area contributed by atoms with Gasteiger partial charge in [-0.25, -0.2) is 0 Å². The second kappa shape index (κ2) is 10.8. The highest BCUT2D eigenvalue weighted by molar-refractivity contribution is 7.23. The maximum Gasteiger partial charge on any atom is 0.180 e. The Morgan fingerprint density at radius 3 is 0.922 bits per heavy atom. The fourth-order valence-electron chi connectivity index (χ4n) is 10.1. The van der Waals surface area contributed by atoms with Crippen molar-refractivity contribution in [2.24, 2.45) is 0 Å². The van der Waals surface area contributed by atoms with Gasteiger partial charge in [-0.15, -0.1) is 0 Å². The van der Waals surface area contributed by atoms with Gasteiger partial charge in [-0.05, 0) is 92.4 Å². The van der Waals surface area contributed by atoms with Gasteiger partial charge in [-0.2, -0.15) is 0 Å². The summed E-state index contributed by atoms with van der Waals surface area (Å²) >= 11 is 0. The number of fused-ring (bicyclic) bond motifs is 9. The molecule has 0 saturated carbocycles. The molecule has 8 aromatic rings. The molecule has 0 unspecified atom stereocenters. The van der Waals surface area contributed by atoms with Gasteiger partial charge in [0.15, 0.2) is 16.1 Å². The largest absolute Gasteiger partial charge is 0.180 e. The average molecular weight is 679 g/mol. The summed E-state index contributed by atoms with van der Waals surface area (Å²) in [6.07, 6.45) is 0.978. The highest BCUT2D eigenvalue weighted by Gasteiger charge is 2.50. The van der Waals surface area contributed by atoms with E-state index in [4.69, 9.17) is 0 Å². The molecule has 0 amide bonds. The molecular weight excluding hydrogens is 645 g/mol. The zero-order valence-corrected chi connectivity index (χ0v) is 30.2. The molecule has 8 aromatic carbocycles. The first-order chi connectivity index (χ1) is 25.3. The van der Waals surface area contributed by atoms with Gasteiger partial charge in [0.1, 0.15) is 0 Å². The molecule has 0 nitrogen and oxygen atoms in total. The minimum Gasteiger partial charge on any atom is -0.0623 e. The van der Waals surface area contributed by atoms with Crippen LogP contribution in [-0.2, 0) is 6.42 Å². The fraction of sp³-hybridized carbons (Fsp3) is 0.0204. The molecule has 0 saturated heterocycles. The van der Waals surface area contributed by atoms with E-state index in [1.54, 1.807) is 0 Å². The molecule has 11 rings (SSSR count). The van der Waals surface area contributed by atoms with Gasteiger partial charge in [0.2, 0.25) is 0 Å². The van der Waals surface area contributed by atoms with Crippen LogP contribution in [0, 0.1) is 0 Å². The Morgan fingerprint density at radius 1 is 0.255 bits per heavy atom. The van der Waals surface area contributed by atoms with Crippen molar-refractivity contribution in [1.82, 2.24) is 0 Å². The number of hydrogen-bond acceptors (Lipinski definition) is 0. The maximum absolute atomic E-state index is 2.61. The molecule has 0 aromatic heterocycles. The van der Waals surface area contributed by atoms with Crippen LogP contribution in [0.5, 0.6) is 0 Å². The second-order valence-electron chi connectivity index (χ2n) is 14.3. The molecular formula is C49H34Si2. The van der Waals surface area contributed by atoms with E-state index in [2.05, 4.69) is 194 Å². The van der Waals surface area contributed by atoms with Crippen LogP contribution in [0.1, 0.15) is 11.1 Å². The fourth-order valence-corrected chi connectivity index (χ4v) is 20.4. The molecule has 0 radical (unpaired) electrons. The number of rotatable bonds is 4. The number of benzene rings is 8. The van der Waals surface area contributed by atoms with Gasteiger partial charge in [0.05, 0.1) is 0 Å². The first-order valence-electron chi connectivity index (χ1n) is 18.1. The summed E-state index contributed by atoms with van der Waals surface area (Å²) in [5, 5.41) is 11.8. The monoisotopic (exact) mass is 678 g/mol. The van der Waals surface area contributed by atoms with Crippen molar-refractivity contribution in [2.45, 2.75) is 6.42 Å². The SMILES string of the molecule is c1ccc([Si]2(c3ccc4c(c3)-c3cc([Si]5(c6ccccc6)c6ccccc6-c6ccccc65)ccc3C4)c3ccccc3-c3ccccc32)cc1. The third-order valence-corrected chi connectivity index (χ3v) is 21.8. The lowest BCUT2D eigenvalue weighted by Gasteiger charge is -2.32. The lowest BCUT2D eigenvalue weighted by molar-refractivity contribution is 1.27. The van der Waals surface area contributed by atoms with Crippen molar-refractivity contribution in [3.63, 3.8) is 0 Å². The third-order valence-electron chi connectivity index (χ3n) is 12.1. The molecule has 0 N–H and O–H groups in total. The summed E-state index contributed by atoms with van der Waals surface area (Å²) in [5.74, 6) is 0. The van der Waals surface area contributed by atoms with Crippen molar-refractivity contribution < 1.29 is 0 Å². The topological polar surface area (TPSA) is 0 Å². The van der Waals surface area contributed by atoms with E-state index in [1.165, 1.54) is 86.0 Å². The van der Waals surface area contributed by atoms with E-state index in [9.17, 15) is 0 Å². The summed E-state index contributed by atoms with van der Waals surface area (Å²) in [4.78, 5) is 0. The Balaban J connectivity index is 1.17. The zero-order valence-electron chi connectivity index (χ0n) is 28.2. The molecule has 2 heterocycles. The zero-order chi connectivity index (χ0) is 33.6. The lowest BCUT2D eigenvalue weighted by atomic mass is 10.1. The molecule has 1 aliphatic carbocycles. The summed E-state index contributed by atoms with van der Waals surface area (Å²) in [6.45, 7) is 0. The lowest BCUT2D eigenvalue weighted by Crippen LogP contribution is -2.73. The van der Waals surface area contributed by atoms with Crippen molar-refractivity contribution in [3.05, 3.63) is 205 Å². The Kier molecular flexibility index (Phi) is 6.16. The normalized spacial score (nSPS) is 14.9. The van der Waals surface area contributed by atoms with E-state index >= 15 is 0 Å². The molecule has 0 bridgehead atoms. The van der Waals surface area contributed by atoms with Crippen LogP contribution >= 0.6 is 0 Å². The van der Waals surface area contributed by atoms with Crippen LogP contribution in [0.3, 0.4) is 0 Å². The summed E-state index contributed by atoms with van der Waals surface area (Å²) in [7, 11) is -5.17. The molecule has 0 atom stereocenters. The van der Waals surface area contributed by atoms with Crippen LogP contribution in [0.25, 0.3) is 33.4 Å². The highest BCUT2D eigenvalue weighted by Crippen LogP contribution is 2.38. The van der Waals surface area contributed by atoms with E-state index in [0.29, 0.717) is 0 Å². The summed E-state index contributed by atoms with van der Waals surface area (Å²) < 4.78 is 0. The van der Waals surface area contributed by atoms with Crippen LogP contribution in [0.15, 0.2) is 194 Å². The first kappa shape index (κ1) is 29.0. The summed E-state index contributed by atoms with van der Waals surface area (Å²) in [6, 6.07) is 74.7. The Bertz CT molecular complexity index is 2400. The van der Waals surface area contributed by atoms with Crippen molar-refractivity contribution >= 4 is 57.6 Å². The van der Waals surface area contributed by atoms with Gasteiger partial charge in [0, 0.05) is 0 Å². The van der Waals surface area contributed by atoms with E-state index < -0.39 is 16.1 Å². The molecule has 2 heteroatoms. The number of hydrogen-bond donors (Lipinski definition) is 0. The second-order valence-corrected chi connectivity index (χ2v) is 21.8. The van der Waals surface area contributed by atoms with Crippen molar-refractivity contribution in [2.75, 3.05) is 0 Å². The van der Waals surface area contributed by atoms with Crippen molar-refractivity contribution in [1.29, 1.82) is 0 Å². The molecule has 2 aliphatic heterocycles. The maximum atomic E-state index is 2.61.